The van der Waals surface area contributed by atoms with E-state index in [1.807, 2.05) is 13.0 Å². The van der Waals surface area contributed by atoms with Gasteiger partial charge in [0.25, 0.3) is 11.8 Å². The quantitative estimate of drug-likeness (QED) is 0.769. The lowest BCUT2D eigenvalue weighted by Crippen LogP contribution is -2.34. The highest BCUT2D eigenvalue weighted by Crippen LogP contribution is 2.25. The first-order valence-corrected chi connectivity index (χ1v) is 9.04. The molecule has 6 heteroatoms. The number of rotatable bonds is 7. The molecule has 2 rings (SSSR count). The highest BCUT2D eigenvalue weighted by molar-refractivity contribution is 7.14. The van der Waals surface area contributed by atoms with Gasteiger partial charge >= 0.3 is 5.97 Å². The topological polar surface area (TPSA) is 72.5 Å². The zero-order chi connectivity index (χ0) is 18.2. The van der Waals surface area contributed by atoms with Crippen LogP contribution in [-0.4, -0.2) is 24.4 Å². The number of hydrogen-bond acceptors (Lipinski definition) is 5. The van der Waals surface area contributed by atoms with E-state index >= 15 is 0 Å². The van der Waals surface area contributed by atoms with E-state index in [-0.39, 0.29) is 0 Å². The Morgan fingerprint density at radius 1 is 1.12 bits per heavy atom. The van der Waals surface area contributed by atoms with Gasteiger partial charge in [0, 0.05) is 10.4 Å². The number of thiophene rings is 1. The minimum absolute atomic E-state index is 0.372. The average Bonchev–Trinajstić information content (AvgIpc) is 3.04. The van der Waals surface area contributed by atoms with Crippen molar-refractivity contribution in [3.8, 4) is 0 Å². The largest absolute Gasteiger partial charge is 0.451 e. The molecular formula is C19H21NO4S. The molecule has 1 N–H and O–H groups in total. The average molecular weight is 359 g/mol. The molecule has 25 heavy (non-hydrogen) atoms. The Bertz CT molecular complexity index is 752. The number of aryl methyl sites for hydroxylation is 2. The molecule has 5 nitrogen and oxygen atoms in total. The van der Waals surface area contributed by atoms with Crippen LogP contribution in [0.15, 0.2) is 36.4 Å². The van der Waals surface area contributed by atoms with Gasteiger partial charge in [-0.1, -0.05) is 38.5 Å². The Morgan fingerprint density at radius 3 is 2.48 bits per heavy atom. The standard InChI is InChI=1S/C19H21NO4S/c1-3-8-15-13(4-2)11-16(25-15)19(23)24-12-17(21)20-18(22)14-9-6-5-7-10-14/h5-7,9-11H,3-4,8,12H2,1-2H3,(H,20,21,22). The molecular weight excluding hydrogens is 338 g/mol. The molecule has 0 radical (unpaired) electrons. The summed E-state index contributed by atoms with van der Waals surface area (Å²) in [6.07, 6.45) is 2.78. The van der Waals surface area contributed by atoms with Crippen LogP contribution in [0.3, 0.4) is 0 Å². The summed E-state index contributed by atoms with van der Waals surface area (Å²) < 4.78 is 5.02. The van der Waals surface area contributed by atoms with Crippen molar-refractivity contribution in [3.05, 3.63) is 57.3 Å². The van der Waals surface area contributed by atoms with E-state index < -0.39 is 24.4 Å². The maximum absolute atomic E-state index is 12.1. The molecule has 0 aliphatic carbocycles. The van der Waals surface area contributed by atoms with Crippen molar-refractivity contribution in [1.82, 2.24) is 5.32 Å². The highest BCUT2D eigenvalue weighted by atomic mass is 32.1. The predicted octanol–water partition coefficient (Wildman–Crippen LogP) is 3.38. The molecule has 0 bridgehead atoms. The van der Waals surface area contributed by atoms with Crippen LogP contribution in [0.2, 0.25) is 0 Å². The second-order valence-corrected chi connectivity index (χ2v) is 6.62. The Labute approximate surface area is 151 Å². The molecule has 1 aromatic heterocycles. The number of ether oxygens (including phenoxy) is 1. The van der Waals surface area contributed by atoms with Gasteiger partial charge in [0.1, 0.15) is 4.88 Å². The van der Waals surface area contributed by atoms with Crippen LogP contribution in [0.1, 0.15) is 50.7 Å². The molecule has 1 heterocycles. The maximum Gasteiger partial charge on any atom is 0.348 e. The Kier molecular flexibility index (Phi) is 6.89. The van der Waals surface area contributed by atoms with Crippen LogP contribution < -0.4 is 5.32 Å². The maximum atomic E-state index is 12.1. The molecule has 1 aromatic carbocycles. The SMILES string of the molecule is CCCc1sc(C(=O)OCC(=O)NC(=O)c2ccccc2)cc1CC. The third-order valence-corrected chi connectivity index (χ3v) is 4.80. The molecule has 2 aromatic rings. The number of carbonyl (C=O) groups excluding carboxylic acids is 3. The summed E-state index contributed by atoms with van der Waals surface area (Å²) in [4.78, 5) is 37.4. The number of hydrogen-bond donors (Lipinski definition) is 1. The molecule has 0 fully saturated rings. The summed E-state index contributed by atoms with van der Waals surface area (Å²) in [5.74, 6) is -1.70. The van der Waals surface area contributed by atoms with Gasteiger partial charge in [-0.15, -0.1) is 11.3 Å². The van der Waals surface area contributed by atoms with Gasteiger partial charge in [-0.05, 0) is 36.6 Å². The molecule has 0 unspecified atom stereocenters. The van der Waals surface area contributed by atoms with Crippen molar-refractivity contribution in [1.29, 1.82) is 0 Å². The summed E-state index contributed by atoms with van der Waals surface area (Å²) in [6.45, 7) is 3.64. The zero-order valence-electron chi connectivity index (χ0n) is 14.3. The Balaban J connectivity index is 1.89. The molecule has 0 aliphatic rings. The van der Waals surface area contributed by atoms with Crippen molar-refractivity contribution in [3.63, 3.8) is 0 Å². The fourth-order valence-corrected chi connectivity index (χ4v) is 3.58. The lowest BCUT2D eigenvalue weighted by molar-refractivity contribution is -0.123. The molecule has 0 aliphatic heterocycles. The summed E-state index contributed by atoms with van der Waals surface area (Å²) in [5, 5.41) is 2.20. The first-order valence-electron chi connectivity index (χ1n) is 8.23. The van der Waals surface area contributed by atoms with E-state index in [9.17, 15) is 14.4 Å². The fourth-order valence-electron chi connectivity index (χ4n) is 2.33. The number of benzene rings is 1. The van der Waals surface area contributed by atoms with E-state index in [0.29, 0.717) is 10.4 Å². The van der Waals surface area contributed by atoms with Crippen LogP contribution in [0.25, 0.3) is 0 Å². The van der Waals surface area contributed by atoms with E-state index in [0.717, 1.165) is 24.8 Å². The number of imide groups is 1. The van der Waals surface area contributed by atoms with Crippen LogP contribution in [0, 0.1) is 0 Å². The zero-order valence-corrected chi connectivity index (χ0v) is 15.2. The van der Waals surface area contributed by atoms with Crippen molar-refractivity contribution < 1.29 is 19.1 Å². The van der Waals surface area contributed by atoms with Crippen LogP contribution >= 0.6 is 11.3 Å². The van der Waals surface area contributed by atoms with Gasteiger partial charge in [0.2, 0.25) is 0 Å². The summed E-state index contributed by atoms with van der Waals surface area (Å²) in [5.41, 5.74) is 1.51. The molecule has 2 amide bonds. The van der Waals surface area contributed by atoms with E-state index in [2.05, 4.69) is 12.2 Å². The number of carbonyl (C=O) groups is 3. The van der Waals surface area contributed by atoms with E-state index in [4.69, 9.17) is 4.74 Å². The van der Waals surface area contributed by atoms with Crippen LogP contribution in [-0.2, 0) is 22.4 Å². The molecule has 132 valence electrons. The lowest BCUT2D eigenvalue weighted by atomic mass is 10.1. The van der Waals surface area contributed by atoms with E-state index in [1.165, 1.54) is 16.2 Å². The normalized spacial score (nSPS) is 10.3. The molecule has 0 atom stereocenters. The van der Waals surface area contributed by atoms with E-state index in [1.54, 1.807) is 30.3 Å². The predicted molar refractivity (Wildman–Crippen MR) is 96.9 cm³/mol. The third-order valence-electron chi connectivity index (χ3n) is 3.58. The fraction of sp³-hybridized carbons (Fsp3) is 0.316. The van der Waals surface area contributed by atoms with Gasteiger partial charge in [-0.3, -0.25) is 14.9 Å². The summed E-state index contributed by atoms with van der Waals surface area (Å²) >= 11 is 1.41. The van der Waals surface area contributed by atoms with Crippen molar-refractivity contribution in [2.45, 2.75) is 33.1 Å². The minimum Gasteiger partial charge on any atom is -0.451 e. The third kappa shape index (κ3) is 5.26. The highest BCUT2D eigenvalue weighted by Gasteiger charge is 2.17. The minimum atomic E-state index is -0.650. The van der Waals surface area contributed by atoms with Crippen LogP contribution in [0.5, 0.6) is 0 Å². The monoisotopic (exact) mass is 359 g/mol. The molecule has 0 spiro atoms. The van der Waals surface area contributed by atoms with Gasteiger partial charge in [0.15, 0.2) is 6.61 Å². The number of esters is 1. The Morgan fingerprint density at radius 2 is 1.84 bits per heavy atom. The van der Waals surface area contributed by atoms with Crippen molar-refractivity contribution in [2.75, 3.05) is 6.61 Å². The first kappa shape index (κ1) is 18.9. The van der Waals surface area contributed by atoms with Gasteiger partial charge in [-0.2, -0.15) is 0 Å². The van der Waals surface area contributed by atoms with Gasteiger partial charge in [-0.25, -0.2) is 4.79 Å². The molecule has 0 saturated carbocycles. The Hall–Kier alpha value is -2.47. The van der Waals surface area contributed by atoms with Crippen molar-refractivity contribution in [2.24, 2.45) is 0 Å². The number of amides is 2. The summed E-state index contributed by atoms with van der Waals surface area (Å²) in [6, 6.07) is 10.2. The van der Waals surface area contributed by atoms with Crippen LogP contribution in [0.4, 0.5) is 0 Å². The smallest absolute Gasteiger partial charge is 0.348 e. The lowest BCUT2D eigenvalue weighted by Gasteiger charge is -2.05. The first-order chi connectivity index (χ1) is 12.0. The van der Waals surface area contributed by atoms with Gasteiger partial charge in [0.05, 0.1) is 0 Å². The van der Waals surface area contributed by atoms with Gasteiger partial charge < -0.3 is 4.74 Å². The number of nitrogens with one attached hydrogen (secondary N) is 1. The van der Waals surface area contributed by atoms with Crippen molar-refractivity contribution >= 4 is 29.1 Å². The second kappa shape index (κ2) is 9.13. The molecule has 0 saturated heterocycles. The second-order valence-electron chi connectivity index (χ2n) is 5.48. The summed E-state index contributed by atoms with van der Waals surface area (Å²) in [7, 11) is 0.